The third-order valence-electron chi connectivity index (χ3n) is 3.11. The molecule has 0 radical (unpaired) electrons. The summed E-state index contributed by atoms with van der Waals surface area (Å²) in [6, 6.07) is 7.43. The van der Waals surface area contributed by atoms with Gasteiger partial charge in [0.1, 0.15) is 5.75 Å². The number of amides is 1. The molecule has 0 aliphatic rings. The first-order chi connectivity index (χ1) is 8.42. The number of carbonyl (C=O) groups is 1. The van der Waals surface area contributed by atoms with Crippen molar-refractivity contribution in [3.63, 3.8) is 0 Å². The van der Waals surface area contributed by atoms with E-state index in [9.17, 15) is 4.79 Å². The molecule has 0 unspecified atom stereocenters. The molecule has 0 heterocycles. The number of nitrogens with two attached hydrogens (primary N) is 1. The van der Waals surface area contributed by atoms with Crippen molar-refractivity contribution in [2.45, 2.75) is 20.3 Å². The molecule has 0 bridgehead atoms. The molecule has 0 spiro atoms. The van der Waals surface area contributed by atoms with Gasteiger partial charge < -0.3 is 15.4 Å². The standard InChI is InChI=1S/C14H22N2O2/c1-14(2,9-10-15)13(17)16(3)11-5-7-12(18-4)8-6-11/h5-8H,9-10,15H2,1-4H3. The van der Waals surface area contributed by atoms with Crippen molar-refractivity contribution in [3.8, 4) is 5.75 Å². The molecule has 1 rings (SSSR count). The molecule has 1 amide bonds. The van der Waals surface area contributed by atoms with Gasteiger partial charge in [0, 0.05) is 18.2 Å². The molecule has 4 heteroatoms. The van der Waals surface area contributed by atoms with Crippen molar-refractivity contribution < 1.29 is 9.53 Å². The van der Waals surface area contributed by atoms with Crippen molar-refractivity contribution in [1.82, 2.24) is 0 Å². The number of hydrogen-bond donors (Lipinski definition) is 1. The van der Waals surface area contributed by atoms with E-state index >= 15 is 0 Å². The minimum atomic E-state index is -0.441. The highest BCUT2D eigenvalue weighted by Gasteiger charge is 2.30. The molecule has 0 atom stereocenters. The summed E-state index contributed by atoms with van der Waals surface area (Å²) in [6.45, 7) is 4.35. The smallest absolute Gasteiger partial charge is 0.232 e. The summed E-state index contributed by atoms with van der Waals surface area (Å²) < 4.78 is 5.10. The fourth-order valence-corrected chi connectivity index (χ4v) is 1.84. The maximum absolute atomic E-state index is 12.3. The van der Waals surface area contributed by atoms with Crippen molar-refractivity contribution in [1.29, 1.82) is 0 Å². The van der Waals surface area contributed by atoms with Crippen LogP contribution in [-0.4, -0.2) is 26.6 Å². The number of benzene rings is 1. The lowest BCUT2D eigenvalue weighted by atomic mass is 9.87. The first kappa shape index (κ1) is 14.5. The Labute approximate surface area is 109 Å². The lowest BCUT2D eigenvalue weighted by Crippen LogP contribution is -2.39. The van der Waals surface area contributed by atoms with Gasteiger partial charge in [0.25, 0.3) is 0 Å². The maximum Gasteiger partial charge on any atom is 0.232 e. The molecule has 0 saturated carbocycles. The van der Waals surface area contributed by atoms with Crippen LogP contribution in [0.1, 0.15) is 20.3 Å². The van der Waals surface area contributed by atoms with Crippen LogP contribution in [0.3, 0.4) is 0 Å². The summed E-state index contributed by atoms with van der Waals surface area (Å²) in [5, 5.41) is 0. The Balaban J connectivity index is 2.85. The normalized spacial score (nSPS) is 11.2. The zero-order valence-electron chi connectivity index (χ0n) is 11.6. The molecule has 2 N–H and O–H groups in total. The molecule has 100 valence electrons. The highest BCUT2D eigenvalue weighted by atomic mass is 16.5. The number of carbonyl (C=O) groups excluding carboxylic acids is 1. The van der Waals surface area contributed by atoms with E-state index in [4.69, 9.17) is 10.5 Å². The van der Waals surface area contributed by atoms with Crippen molar-refractivity contribution in [2.75, 3.05) is 25.6 Å². The number of ether oxygens (including phenoxy) is 1. The number of hydrogen-bond acceptors (Lipinski definition) is 3. The highest BCUT2D eigenvalue weighted by molar-refractivity contribution is 5.96. The van der Waals surface area contributed by atoms with Gasteiger partial charge >= 0.3 is 0 Å². The first-order valence-corrected chi connectivity index (χ1v) is 6.04. The van der Waals surface area contributed by atoms with E-state index in [1.807, 2.05) is 38.1 Å². The summed E-state index contributed by atoms with van der Waals surface area (Å²) in [5.41, 5.74) is 5.95. The number of nitrogens with zero attached hydrogens (tertiary/aromatic N) is 1. The Hall–Kier alpha value is -1.55. The van der Waals surface area contributed by atoms with Gasteiger partial charge in [-0.1, -0.05) is 13.8 Å². The summed E-state index contributed by atoms with van der Waals surface area (Å²) in [7, 11) is 3.40. The predicted octanol–water partition coefficient (Wildman–Crippen LogP) is 2.03. The minimum Gasteiger partial charge on any atom is -0.497 e. The van der Waals surface area contributed by atoms with Crippen LogP contribution >= 0.6 is 0 Å². The van der Waals surface area contributed by atoms with E-state index in [2.05, 4.69) is 0 Å². The van der Waals surface area contributed by atoms with Crippen LogP contribution in [-0.2, 0) is 4.79 Å². The Morgan fingerprint density at radius 3 is 2.33 bits per heavy atom. The molecule has 4 nitrogen and oxygen atoms in total. The van der Waals surface area contributed by atoms with Gasteiger partial charge in [-0.15, -0.1) is 0 Å². The van der Waals surface area contributed by atoms with Gasteiger partial charge in [0.2, 0.25) is 5.91 Å². The fourth-order valence-electron chi connectivity index (χ4n) is 1.84. The SMILES string of the molecule is COc1ccc(N(C)C(=O)C(C)(C)CCN)cc1. The lowest BCUT2D eigenvalue weighted by Gasteiger charge is -2.29. The van der Waals surface area contributed by atoms with Crippen LogP contribution in [0.2, 0.25) is 0 Å². The average molecular weight is 250 g/mol. The second-order valence-electron chi connectivity index (χ2n) is 4.98. The molecule has 0 fully saturated rings. The van der Waals surface area contributed by atoms with E-state index in [0.717, 1.165) is 11.4 Å². The fraction of sp³-hybridized carbons (Fsp3) is 0.500. The van der Waals surface area contributed by atoms with Crippen LogP contribution in [0.4, 0.5) is 5.69 Å². The minimum absolute atomic E-state index is 0.0677. The van der Waals surface area contributed by atoms with Crippen molar-refractivity contribution in [2.24, 2.45) is 11.1 Å². The average Bonchev–Trinajstić information content (AvgIpc) is 2.37. The molecule has 0 aromatic heterocycles. The predicted molar refractivity (Wildman–Crippen MR) is 73.9 cm³/mol. The highest BCUT2D eigenvalue weighted by Crippen LogP contribution is 2.26. The van der Waals surface area contributed by atoms with Crippen molar-refractivity contribution >= 4 is 11.6 Å². The van der Waals surface area contributed by atoms with Crippen LogP contribution < -0.4 is 15.4 Å². The van der Waals surface area contributed by atoms with Gasteiger partial charge in [-0.05, 0) is 37.2 Å². The molecule has 0 aliphatic carbocycles. The van der Waals surface area contributed by atoms with Gasteiger partial charge in [0.05, 0.1) is 7.11 Å². The number of methoxy groups -OCH3 is 1. The summed E-state index contributed by atoms with van der Waals surface area (Å²) in [6.07, 6.45) is 0.673. The van der Waals surface area contributed by atoms with E-state index in [1.165, 1.54) is 0 Å². The second kappa shape index (κ2) is 5.87. The molecule has 0 aliphatic heterocycles. The topological polar surface area (TPSA) is 55.6 Å². The molecule has 1 aromatic carbocycles. The second-order valence-corrected chi connectivity index (χ2v) is 4.98. The molecule has 18 heavy (non-hydrogen) atoms. The Morgan fingerprint density at radius 1 is 1.33 bits per heavy atom. The molecular weight excluding hydrogens is 228 g/mol. The van der Waals surface area contributed by atoms with E-state index in [0.29, 0.717) is 13.0 Å². The third kappa shape index (κ3) is 3.23. The van der Waals surface area contributed by atoms with E-state index < -0.39 is 5.41 Å². The third-order valence-corrected chi connectivity index (χ3v) is 3.11. The zero-order chi connectivity index (χ0) is 13.8. The summed E-state index contributed by atoms with van der Waals surface area (Å²) in [4.78, 5) is 14.0. The first-order valence-electron chi connectivity index (χ1n) is 6.04. The Kier molecular flexibility index (Phi) is 4.73. The van der Waals surface area contributed by atoms with Crippen LogP contribution in [0.25, 0.3) is 0 Å². The number of anilines is 1. The maximum atomic E-state index is 12.3. The Bertz CT molecular complexity index is 399. The molecule has 1 aromatic rings. The van der Waals surface area contributed by atoms with Crippen LogP contribution in [0.15, 0.2) is 24.3 Å². The molecule has 0 saturated heterocycles. The summed E-state index contributed by atoms with van der Waals surface area (Å²) >= 11 is 0. The largest absolute Gasteiger partial charge is 0.497 e. The number of rotatable bonds is 5. The van der Waals surface area contributed by atoms with Gasteiger partial charge in [-0.25, -0.2) is 0 Å². The van der Waals surface area contributed by atoms with Gasteiger partial charge in [-0.2, -0.15) is 0 Å². The lowest BCUT2D eigenvalue weighted by molar-refractivity contribution is -0.126. The quantitative estimate of drug-likeness (QED) is 0.870. The van der Waals surface area contributed by atoms with Crippen molar-refractivity contribution in [3.05, 3.63) is 24.3 Å². The van der Waals surface area contributed by atoms with Gasteiger partial charge in [-0.3, -0.25) is 4.79 Å². The summed E-state index contributed by atoms with van der Waals surface area (Å²) in [5.74, 6) is 0.846. The van der Waals surface area contributed by atoms with Crippen LogP contribution in [0, 0.1) is 5.41 Å². The molecular formula is C14H22N2O2. The van der Waals surface area contributed by atoms with E-state index in [-0.39, 0.29) is 5.91 Å². The Morgan fingerprint density at radius 2 is 1.89 bits per heavy atom. The van der Waals surface area contributed by atoms with Crippen LogP contribution in [0.5, 0.6) is 5.75 Å². The zero-order valence-corrected chi connectivity index (χ0v) is 11.6. The van der Waals surface area contributed by atoms with Gasteiger partial charge in [0.15, 0.2) is 0 Å². The monoisotopic (exact) mass is 250 g/mol. The van der Waals surface area contributed by atoms with E-state index in [1.54, 1.807) is 19.1 Å².